The maximum atomic E-state index is 12.5. The molecule has 0 spiro atoms. The SMILES string of the molecule is Cn1c(=O)n(CC2CCCO2)c(=O)c2c(Cl)cccc21. The zero-order valence-corrected chi connectivity index (χ0v) is 11.9. The molecular formula is C14H15ClN2O3. The molecule has 6 heteroatoms. The number of ether oxygens (including phenoxy) is 1. The second-order valence-electron chi connectivity index (χ2n) is 5.03. The van der Waals surface area contributed by atoms with Crippen molar-refractivity contribution in [1.82, 2.24) is 9.13 Å². The molecule has 0 saturated carbocycles. The lowest BCUT2D eigenvalue weighted by atomic mass is 10.2. The number of halogens is 1. The predicted molar refractivity (Wildman–Crippen MR) is 77.4 cm³/mol. The van der Waals surface area contributed by atoms with E-state index >= 15 is 0 Å². The minimum atomic E-state index is -0.343. The predicted octanol–water partition coefficient (Wildman–Crippen LogP) is 1.53. The summed E-state index contributed by atoms with van der Waals surface area (Å²) >= 11 is 6.12. The Balaban J connectivity index is 2.24. The van der Waals surface area contributed by atoms with Crippen molar-refractivity contribution < 1.29 is 4.74 Å². The number of benzene rings is 1. The number of nitrogens with zero attached hydrogens (tertiary/aromatic N) is 2. The third kappa shape index (κ3) is 2.07. The molecule has 1 aliphatic heterocycles. The molecule has 0 radical (unpaired) electrons. The van der Waals surface area contributed by atoms with Crippen LogP contribution in [-0.4, -0.2) is 21.8 Å². The molecule has 0 N–H and O–H groups in total. The van der Waals surface area contributed by atoms with Crippen molar-refractivity contribution in [3.05, 3.63) is 44.1 Å². The van der Waals surface area contributed by atoms with Crippen molar-refractivity contribution in [2.45, 2.75) is 25.5 Å². The fourth-order valence-electron chi connectivity index (χ4n) is 2.66. The van der Waals surface area contributed by atoms with Gasteiger partial charge in [-0.05, 0) is 25.0 Å². The summed E-state index contributed by atoms with van der Waals surface area (Å²) < 4.78 is 8.19. The normalized spacial score (nSPS) is 18.8. The fourth-order valence-corrected chi connectivity index (χ4v) is 2.91. The second kappa shape index (κ2) is 5.07. The number of fused-ring (bicyclic) bond motifs is 1. The number of rotatable bonds is 2. The largest absolute Gasteiger partial charge is 0.376 e. The van der Waals surface area contributed by atoms with Gasteiger partial charge in [-0.25, -0.2) is 4.79 Å². The first kappa shape index (κ1) is 13.4. The first-order valence-corrected chi connectivity index (χ1v) is 6.97. The lowest BCUT2D eigenvalue weighted by Crippen LogP contribution is -2.41. The molecule has 5 nitrogen and oxygen atoms in total. The van der Waals surface area contributed by atoms with Gasteiger partial charge in [-0.15, -0.1) is 0 Å². The van der Waals surface area contributed by atoms with Gasteiger partial charge in [0.2, 0.25) is 0 Å². The molecule has 1 atom stereocenters. The van der Waals surface area contributed by atoms with Crippen LogP contribution >= 0.6 is 11.6 Å². The lowest BCUT2D eigenvalue weighted by Gasteiger charge is -2.14. The van der Waals surface area contributed by atoms with Crippen molar-refractivity contribution >= 4 is 22.5 Å². The second-order valence-corrected chi connectivity index (χ2v) is 5.43. The van der Waals surface area contributed by atoms with Crippen LogP contribution in [0.2, 0.25) is 5.02 Å². The van der Waals surface area contributed by atoms with E-state index in [9.17, 15) is 9.59 Å². The minimum absolute atomic E-state index is 0.0691. The fraction of sp³-hybridized carbons (Fsp3) is 0.429. The van der Waals surface area contributed by atoms with Crippen molar-refractivity contribution in [2.75, 3.05) is 6.61 Å². The summed E-state index contributed by atoms with van der Waals surface area (Å²) in [6.07, 6.45) is 1.77. The lowest BCUT2D eigenvalue weighted by molar-refractivity contribution is 0.0949. The zero-order chi connectivity index (χ0) is 14.3. The van der Waals surface area contributed by atoms with Crippen LogP contribution < -0.4 is 11.2 Å². The first-order valence-electron chi connectivity index (χ1n) is 6.59. The average Bonchev–Trinajstić information content (AvgIpc) is 2.94. The molecule has 2 aromatic rings. The first-order chi connectivity index (χ1) is 9.59. The molecule has 0 aliphatic carbocycles. The van der Waals surface area contributed by atoms with Crippen molar-refractivity contribution in [1.29, 1.82) is 0 Å². The van der Waals surface area contributed by atoms with Crippen molar-refractivity contribution in [3.63, 3.8) is 0 Å². The van der Waals surface area contributed by atoms with Crippen molar-refractivity contribution in [3.8, 4) is 0 Å². The van der Waals surface area contributed by atoms with E-state index in [2.05, 4.69) is 0 Å². The Hall–Kier alpha value is -1.59. The third-order valence-electron chi connectivity index (χ3n) is 3.74. The maximum absolute atomic E-state index is 12.5. The zero-order valence-electron chi connectivity index (χ0n) is 11.1. The molecule has 106 valence electrons. The summed E-state index contributed by atoms with van der Waals surface area (Å²) in [6.45, 7) is 0.973. The number of aromatic nitrogens is 2. The Labute approximate surface area is 120 Å². The number of hydrogen-bond donors (Lipinski definition) is 0. The van der Waals surface area contributed by atoms with Gasteiger partial charge in [-0.3, -0.25) is 13.9 Å². The van der Waals surface area contributed by atoms with Crippen LogP contribution in [-0.2, 0) is 18.3 Å². The van der Waals surface area contributed by atoms with Crippen LogP contribution in [0.5, 0.6) is 0 Å². The Morgan fingerprint density at radius 1 is 1.40 bits per heavy atom. The Morgan fingerprint density at radius 3 is 2.90 bits per heavy atom. The van der Waals surface area contributed by atoms with Crippen LogP contribution in [0.15, 0.2) is 27.8 Å². The molecule has 1 aliphatic rings. The summed E-state index contributed by atoms with van der Waals surface area (Å²) in [4.78, 5) is 24.8. The summed E-state index contributed by atoms with van der Waals surface area (Å²) in [5, 5.41) is 0.749. The molecular weight excluding hydrogens is 280 g/mol. The molecule has 0 bridgehead atoms. The van der Waals surface area contributed by atoms with Gasteiger partial charge < -0.3 is 4.74 Å². The molecule has 1 saturated heterocycles. The Bertz CT molecular complexity index is 772. The van der Waals surface area contributed by atoms with Crippen LogP contribution in [0.4, 0.5) is 0 Å². The topological polar surface area (TPSA) is 53.2 Å². The molecule has 2 heterocycles. The molecule has 1 unspecified atom stereocenters. The van der Waals surface area contributed by atoms with Gasteiger partial charge >= 0.3 is 5.69 Å². The average molecular weight is 295 g/mol. The highest BCUT2D eigenvalue weighted by Crippen LogP contribution is 2.19. The summed E-state index contributed by atoms with van der Waals surface area (Å²) in [5.74, 6) is 0. The van der Waals surface area contributed by atoms with Gasteiger partial charge in [0.25, 0.3) is 5.56 Å². The molecule has 20 heavy (non-hydrogen) atoms. The minimum Gasteiger partial charge on any atom is -0.376 e. The highest BCUT2D eigenvalue weighted by molar-refractivity contribution is 6.35. The van der Waals surface area contributed by atoms with Crippen LogP contribution in [0.25, 0.3) is 10.9 Å². The van der Waals surface area contributed by atoms with Gasteiger partial charge in [0.15, 0.2) is 0 Å². The van der Waals surface area contributed by atoms with E-state index in [4.69, 9.17) is 16.3 Å². The quantitative estimate of drug-likeness (QED) is 0.844. The van der Waals surface area contributed by atoms with Crippen molar-refractivity contribution in [2.24, 2.45) is 7.05 Å². The summed E-state index contributed by atoms with van der Waals surface area (Å²) in [7, 11) is 1.65. The Morgan fingerprint density at radius 2 is 2.20 bits per heavy atom. The standard InChI is InChI=1S/C14H15ClN2O3/c1-16-11-6-2-5-10(15)12(11)13(18)17(14(16)19)8-9-4-3-7-20-9/h2,5-6,9H,3-4,7-8H2,1H3. The van der Waals surface area contributed by atoms with E-state index < -0.39 is 0 Å². The van der Waals surface area contributed by atoms with E-state index in [1.165, 1.54) is 9.13 Å². The maximum Gasteiger partial charge on any atom is 0.331 e. The van der Waals surface area contributed by atoms with Crippen LogP contribution in [0, 0.1) is 0 Å². The van der Waals surface area contributed by atoms with Gasteiger partial charge in [0.05, 0.1) is 28.6 Å². The van der Waals surface area contributed by atoms with Gasteiger partial charge in [-0.1, -0.05) is 17.7 Å². The highest BCUT2D eigenvalue weighted by atomic mass is 35.5. The number of aryl methyl sites for hydroxylation is 1. The third-order valence-corrected chi connectivity index (χ3v) is 4.05. The molecule has 1 aromatic carbocycles. The van der Waals surface area contributed by atoms with Gasteiger partial charge in [-0.2, -0.15) is 0 Å². The Kier molecular flexibility index (Phi) is 3.40. The van der Waals surface area contributed by atoms with E-state index in [-0.39, 0.29) is 23.9 Å². The number of hydrogen-bond acceptors (Lipinski definition) is 3. The van der Waals surface area contributed by atoms with Gasteiger partial charge in [0.1, 0.15) is 0 Å². The molecule has 1 aromatic heterocycles. The smallest absolute Gasteiger partial charge is 0.331 e. The van der Waals surface area contributed by atoms with Gasteiger partial charge in [0, 0.05) is 13.7 Å². The molecule has 3 rings (SSSR count). The monoisotopic (exact) mass is 294 g/mol. The highest BCUT2D eigenvalue weighted by Gasteiger charge is 2.20. The molecule has 0 amide bonds. The van der Waals surface area contributed by atoms with Crippen LogP contribution in [0.1, 0.15) is 12.8 Å². The van der Waals surface area contributed by atoms with E-state index in [0.29, 0.717) is 22.5 Å². The van der Waals surface area contributed by atoms with E-state index in [0.717, 1.165) is 12.8 Å². The summed E-state index contributed by atoms with van der Waals surface area (Å²) in [5.41, 5.74) is -0.124. The summed E-state index contributed by atoms with van der Waals surface area (Å²) in [6, 6.07) is 5.11. The van der Waals surface area contributed by atoms with E-state index in [1.54, 1.807) is 25.2 Å². The molecule has 1 fully saturated rings. The van der Waals surface area contributed by atoms with E-state index in [1.807, 2.05) is 0 Å². The van der Waals surface area contributed by atoms with Crippen LogP contribution in [0.3, 0.4) is 0 Å².